The summed E-state index contributed by atoms with van der Waals surface area (Å²) < 4.78 is 64.6. The second kappa shape index (κ2) is 25.4. The fourth-order valence-electron chi connectivity index (χ4n) is 17.8. The Balaban J connectivity index is 0.874. The largest absolute Gasteiger partial charge is 0.454 e. The number of aliphatic hydroxyl groups is 16. The third kappa shape index (κ3) is 11.3. The van der Waals surface area contributed by atoms with Crippen LogP contribution in [0.4, 0.5) is 0 Å². The SMILES string of the molecule is CC(=O)O[C@H]1[C@H](O[C@H]2[C@H](OC(=O)[C@]34CCC(C)(C)C[C@H]3C3=CCC5[C@@]6(C)C[C@H](O)[C@H](O[C@@H]7O[C@H](CO)[C@@H](O)[C@H](O)[C@H]7O)C(CO)(CO)[C@@H]6CC[C@@]5(C)[C@]3(C)C[C@H]4O)OC[C@H](O)[C@@H]2O)O[C@@H](C)[C@H](O[C@H]2C[C@H](O)[C@@H](O[C@@H]3O[C@@H](CO)[C@@H](O)[C@H]3O)[C@H](O)O2)[C@H]1O. The van der Waals surface area contributed by atoms with Gasteiger partial charge in [-0.15, -0.1) is 0 Å². The number of allylic oxidation sites excluding steroid dienone is 2. The number of esters is 2. The molecule has 29 nitrogen and oxygen atoms in total. The van der Waals surface area contributed by atoms with Crippen molar-refractivity contribution in [3.63, 3.8) is 0 Å². The third-order valence-corrected chi connectivity index (χ3v) is 22.8. The van der Waals surface area contributed by atoms with Gasteiger partial charge in [0.25, 0.3) is 0 Å². The van der Waals surface area contributed by atoms with E-state index in [2.05, 4.69) is 33.8 Å². The Morgan fingerprint density at radius 2 is 1.22 bits per heavy atom. The Morgan fingerprint density at radius 1 is 0.591 bits per heavy atom. The van der Waals surface area contributed by atoms with Gasteiger partial charge in [-0.05, 0) is 97.7 Å². The van der Waals surface area contributed by atoms with E-state index in [1.807, 2.05) is 6.92 Å². The lowest BCUT2D eigenvalue weighted by molar-refractivity contribution is -0.379. The summed E-state index contributed by atoms with van der Waals surface area (Å²) in [6.07, 6.45) is -35.7. The number of hydrogen-bond acceptors (Lipinski definition) is 29. The van der Waals surface area contributed by atoms with Crippen molar-refractivity contribution in [3.8, 4) is 0 Å². The quantitative estimate of drug-likeness (QED) is 0.0418. The van der Waals surface area contributed by atoms with Crippen LogP contribution >= 0.6 is 0 Å². The van der Waals surface area contributed by atoms with Crippen molar-refractivity contribution in [1.82, 2.24) is 0 Å². The number of rotatable bonds is 15. The molecule has 29 heteroatoms. The number of aliphatic hydroxyl groups excluding tert-OH is 16. The molecule has 0 aromatic carbocycles. The van der Waals surface area contributed by atoms with E-state index in [0.717, 1.165) is 12.5 Å². The molecule has 16 N–H and O–H groups in total. The molecule has 5 saturated heterocycles. The predicted molar refractivity (Wildman–Crippen MR) is 291 cm³/mol. The topological polar surface area (TPSA) is 459 Å². The highest BCUT2D eigenvalue weighted by Gasteiger charge is 2.74. The first kappa shape index (κ1) is 68.5. The minimum atomic E-state index is -1.93. The highest BCUT2D eigenvalue weighted by Crippen LogP contribution is 2.76. The van der Waals surface area contributed by atoms with Crippen LogP contribution in [0.5, 0.6) is 0 Å². The minimum Gasteiger partial charge on any atom is -0.454 e. The van der Waals surface area contributed by atoms with Crippen LogP contribution in [0, 0.1) is 50.2 Å². The van der Waals surface area contributed by atoms with Crippen LogP contribution < -0.4 is 0 Å². The van der Waals surface area contributed by atoms with Gasteiger partial charge in [-0.1, -0.05) is 46.3 Å². The maximum Gasteiger partial charge on any atom is 0.317 e. The van der Waals surface area contributed by atoms with E-state index >= 15 is 4.79 Å². The second-order valence-electron chi connectivity index (χ2n) is 28.3. The number of hydrogen-bond donors (Lipinski definition) is 16. The molecule has 0 radical (unpaired) electrons. The normalized spacial score (nSPS) is 52.5. The van der Waals surface area contributed by atoms with Gasteiger partial charge in [-0.25, -0.2) is 0 Å². The van der Waals surface area contributed by atoms with Crippen molar-refractivity contribution in [3.05, 3.63) is 11.6 Å². The van der Waals surface area contributed by atoms with Gasteiger partial charge in [0.05, 0.1) is 63.6 Å². The fraction of sp³-hybridized carbons (Fsp3) is 0.932. The van der Waals surface area contributed by atoms with E-state index in [0.29, 0.717) is 32.1 Å². The van der Waals surface area contributed by atoms with E-state index in [1.54, 1.807) is 0 Å². The highest BCUT2D eigenvalue weighted by molar-refractivity contribution is 5.80. The Bertz CT molecular complexity index is 2470. The van der Waals surface area contributed by atoms with E-state index in [4.69, 9.17) is 52.1 Å². The summed E-state index contributed by atoms with van der Waals surface area (Å²) in [5.74, 6) is -3.23. The van der Waals surface area contributed by atoms with E-state index in [1.165, 1.54) is 6.92 Å². The summed E-state index contributed by atoms with van der Waals surface area (Å²) in [6.45, 7) is 9.65. The first-order valence-corrected chi connectivity index (χ1v) is 30.9. The monoisotopic (exact) mass is 1270 g/mol. The molecule has 88 heavy (non-hydrogen) atoms. The molecule has 1 unspecified atom stereocenters. The van der Waals surface area contributed by atoms with E-state index < -0.39 is 244 Å². The van der Waals surface area contributed by atoms with Gasteiger partial charge in [-0.3, -0.25) is 9.59 Å². The van der Waals surface area contributed by atoms with Gasteiger partial charge in [0, 0.05) is 18.8 Å². The van der Waals surface area contributed by atoms with Crippen molar-refractivity contribution in [1.29, 1.82) is 0 Å². The maximum absolute atomic E-state index is 15.6. The summed E-state index contributed by atoms with van der Waals surface area (Å²) in [5, 5.41) is 177. The van der Waals surface area contributed by atoms with Crippen molar-refractivity contribution < 1.29 is 143 Å². The van der Waals surface area contributed by atoms with Crippen LogP contribution in [0.15, 0.2) is 11.6 Å². The van der Waals surface area contributed by atoms with Crippen molar-refractivity contribution >= 4 is 11.9 Å². The Kier molecular flexibility index (Phi) is 19.8. The van der Waals surface area contributed by atoms with Crippen LogP contribution in [0.2, 0.25) is 0 Å². The number of fused-ring (bicyclic) bond motifs is 7. The Hall–Kier alpha value is -2.32. The molecule has 5 aliphatic heterocycles. The molecule has 0 amide bonds. The van der Waals surface area contributed by atoms with Crippen molar-refractivity contribution in [2.75, 3.05) is 33.0 Å². The minimum absolute atomic E-state index is 0.0650. The summed E-state index contributed by atoms with van der Waals surface area (Å²) in [4.78, 5) is 28.2. The number of carbonyl (C=O) groups is 2. The molecule has 0 bridgehead atoms. The fourth-order valence-corrected chi connectivity index (χ4v) is 17.8. The zero-order chi connectivity index (χ0) is 64.3. The number of ether oxygens (including phenoxy) is 11. The molecule has 0 spiro atoms. The molecule has 9 fully saturated rings. The average molecular weight is 1270 g/mol. The van der Waals surface area contributed by atoms with Gasteiger partial charge >= 0.3 is 11.9 Å². The zero-order valence-corrected chi connectivity index (χ0v) is 50.6. The van der Waals surface area contributed by atoms with Crippen molar-refractivity contribution in [2.24, 2.45) is 50.2 Å². The molecule has 32 atom stereocenters. The molecule has 10 rings (SSSR count). The molecule has 0 aromatic heterocycles. The lowest BCUT2D eigenvalue weighted by Gasteiger charge is -2.72. The van der Waals surface area contributed by atoms with Crippen LogP contribution in [-0.4, -0.2) is 280 Å². The van der Waals surface area contributed by atoms with Crippen LogP contribution in [0.25, 0.3) is 0 Å². The van der Waals surface area contributed by atoms with Crippen LogP contribution in [0.3, 0.4) is 0 Å². The molecular formula is C59H94O29. The zero-order valence-electron chi connectivity index (χ0n) is 50.6. The first-order valence-electron chi connectivity index (χ1n) is 30.9. The van der Waals surface area contributed by atoms with Gasteiger partial charge < -0.3 is 134 Å². The molecule has 5 aliphatic carbocycles. The first-order chi connectivity index (χ1) is 41.3. The second-order valence-corrected chi connectivity index (χ2v) is 28.3. The molecule has 5 heterocycles. The summed E-state index contributed by atoms with van der Waals surface area (Å²) in [7, 11) is 0. The summed E-state index contributed by atoms with van der Waals surface area (Å²) in [5.41, 5.74) is -4.88. The van der Waals surface area contributed by atoms with E-state index in [9.17, 15) is 86.5 Å². The summed E-state index contributed by atoms with van der Waals surface area (Å²) in [6, 6.07) is 0. The standard InChI is InChI=1S/C59H94O29/c1-23-43(83-35-14-27(65)44(48(76)84-35)85-49-40(73)38(71)31(19-61)81-49)42(75)46(80-24(2)64)52(79-23)86-45-36(69)29(67)20-78-51(45)88-53(77)59-13-12-54(3,4)15-26(59)25-8-9-32-55(5)16-28(66)47(87-50-41(74)39(72)37(70)30(18-60)82-50)58(21-62,22-63)33(55)10-11-56(32,6)57(25,7)17-34(59)68/h8,23,26-52,60-63,65-76H,9-22H2,1-7H3/t23-,26-,27-,28-,29-,30+,31-,32?,33+,34+,35+,36-,37+,38+,39-,40+,41+,42+,43-,44+,45+,46+,47-,48+,49-,50-,51-,52-,55+,56+,57+,59+/m0/s1. The maximum atomic E-state index is 15.6. The highest BCUT2D eigenvalue weighted by atomic mass is 16.8. The molecule has 4 saturated carbocycles. The van der Waals surface area contributed by atoms with E-state index in [-0.39, 0.29) is 30.6 Å². The Labute approximate surface area is 508 Å². The molecule has 10 aliphatic rings. The predicted octanol–water partition coefficient (Wildman–Crippen LogP) is -4.46. The van der Waals surface area contributed by atoms with Crippen LogP contribution in [-0.2, 0) is 61.7 Å². The lowest BCUT2D eigenvalue weighted by atomic mass is 9.33. The average Bonchev–Trinajstić information content (AvgIpc) is 0.724. The number of carbonyl (C=O) groups excluding carboxylic acids is 2. The molecular weight excluding hydrogens is 1170 g/mol. The Morgan fingerprint density at radius 3 is 1.84 bits per heavy atom. The van der Waals surface area contributed by atoms with Gasteiger partial charge in [0.2, 0.25) is 6.29 Å². The van der Waals surface area contributed by atoms with Gasteiger partial charge in [0.15, 0.2) is 43.7 Å². The van der Waals surface area contributed by atoms with Gasteiger partial charge in [-0.2, -0.15) is 0 Å². The smallest absolute Gasteiger partial charge is 0.317 e. The summed E-state index contributed by atoms with van der Waals surface area (Å²) >= 11 is 0. The third-order valence-electron chi connectivity index (χ3n) is 22.8. The molecule has 504 valence electrons. The van der Waals surface area contributed by atoms with Gasteiger partial charge in [0.1, 0.15) is 78.7 Å². The van der Waals surface area contributed by atoms with Crippen LogP contribution in [0.1, 0.15) is 106 Å². The van der Waals surface area contributed by atoms with Crippen molar-refractivity contribution in [2.45, 2.75) is 260 Å². The lowest BCUT2D eigenvalue weighted by Crippen LogP contribution is -2.71. The molecule has 0 aromatic rings.